The Balaban J connectivity index is 1.88. The summed E-state index contributed by atoms with van der Waals surface area (Å²) in [7, 11) is 2.28. The van der Waals surface area contributed by atoms with Crippen molar-refractivity contribution in [3.63, 3.8) is 0 Å². The van der Waals surface area contributed by atoms with Gasteiger partial charge in [0.05, 0.1) is 0 Å². The molecular weight excluding hydrogens is 232 g/mol. The Bertz CT molecular complexity index is 363. The maximum absolute atomic E-state index is 2.54. The standard InChI is InChI=1S/C17H28N2/c1-4-12-18(3)16-10-13-19(14-11-16)17-8-6-15(5-2)7-9-17/h6-9,16H,4-5,10-14H2,1-3H3. The maximum atomic E-state index is 2.54. The summed E-state index contributed by atoms with van der Waals surface area (Å²) in [5.41, 5.74) is 2.83. The van der Waals surface area contributed by atoms with Crippen molar-refractivity contribution in [3.05, 3.63) is 29.8 Å². The quantitative estimate of drug-likeness (QED) is 0.798. The lowest BCUT2D eigenvalue weighted by Crippen LogP contribution is -2.43. The summed E-state index contributed by atoms with van der Waals surface area (Å²) in [6, 6.07) is 9.89. The van der Waals surface area contributed by atoms with E-state index in [2.05, 4.69) is 55.0 Å². The van der Waals surface area contributed by atoms with Gasteiger partial charge in [-0.1, -0.05) is 26.0 Å². The van der Waals surface area contributed by atoms with Crippen LogP contribution in [0.2, 0.25) is 0 Å². The lowest BCUT2D eigenvalue weighted by molar-refractivity contribution is 0.208. The summed E-state index contributed by atoms with van der Waals surface area (Å²) in [5, 5.41) is 0. The molecule has 0 aliphatic carbocycles. The Morgan fingerprint density at radius 2 is 1.74 bits per heavy atom. The van der Waals surface area contributed by atoms with E-state index in [1.807, 2.05) is 0 Å². The molecule has 1 aromatic carbocycles. The van der Waals surface area contributed by atoms with Crippen LogP contribution in [0.1, 0.15) is 38.7 Å². The van der Waals surface area contributed by atoms with Gasteiger partial charge in [0, 0.05) is 24.8 Å². The van der Waals surface area contributed by atoms with Crippen molar-refractivity contribution in [1.82, 2.24) is 4.90 Å². The number of piperidine rings is 1. The highest BCUT2D eigenvalue weighted by Gasteiger charge is 2.21. The molecule has 2 nitrogen and oxygen atoms in total. The lowest BCUT2D eigenvalue weighted by Gasteiger charge is -2.37. The minimum absolute atomic E-state index is 0.783. The molecule has 0 aromatic heterocycles. The minimum Gasteiger partial charge on any atom is -0.371 e. The first-order valence-corrected chi connectivity index (χ1v) is 7.78. The van der Waals surface area contributed by atoms with E-state index in [0.29, 0.717) is 0 Å². The third kappa shape index (κ3) is 3.73. The molecule has 0 amide bonds. The highest BCUT2D eigenvalue weighted by Crippen LogP contribution is 2.22. The molecular formula is C17H28N2. The number of benzene rings is 1. The molecule has 1 fully saturated rings. The fourth-order valence-electron chi connectivity index (χ4n) is 3.04. The highest BCUT2D eigenvalue weighted by atomic mass is 15.2. The summed E-state index contributed by atoms with van der Waals surface area (Å²) in [4.78, 5) is 5.08. The van der Waals surface area contributed by atoms with E-state index in [0.717, 1.165) is 12.5 Å². The van der Waals surface area contributed by atoms with Crippen molar-refractivity contribution >= 4 is 5.69 Å². The van der Waals surface area contributed by atoms with Crippen LogP contribution >= 0.6 is 0 Å². The molecule has 1 heterocycles. The van der Waals surface area contributed by atoms with Gasteiger partial charge in [0.1, 0.15) is 0 Å². The summed E-state index contributed by atoms with van der Waals surface area (Å²) in [5.74, 6) is 0. The zero-order valence-electron chi connectivity index (χ0n) is 12.7. The van der Waals surface area contributed by atoms with Crippen LogP contribution in [0.15, 0.2) is 24.3 Å². The van der Waals surface area contributed by atoms with Crippen LogP contribution in [0, 0.1) is 0 Å². The molecule has 0 unspecified atom stereocenters. The van der Waals surface area contributed by atoms with Gasteiger partial charge in [0.25, 0.3) is 0 Å². The molecule has 0 radical (unpaired) electrons. The molecule has 0 spiro atoms. The highest BCUT2D eigenvalue weighted by molar-refractivity contribution is 5.48. The Hall–Kier alpha value is -1.02. The van der Waals surface area contributed by atoms with Crippen molar-refractivity contribution in [2.45, 2.75) is 45.6 Å². The van der Waals surface area contributed by atoms with Gasteiger partial charge < -0.3 is 9.80 Å². The van der Waals surface area contributed by atoms with E-state index in [1.165, 1.54) is 50.1 Å². The average Bonchev–Trinajstić information content (AvgIpc) is 2.48. The van der Waals surface area contributed by atoms with Crippen LogP contribution in [0.5, 0.6) is 0 Å². The molecule has 1 aliphatic heterocycles. The molecule has 0 bridgehead atoms. The zero-order chi connectivity index (χ0) is 13.7. The van der Waals surface area contributed by atoms with Crippen LogP contribution < -0.4 is 4.90 Å². The predicted octanol–water partition coefficient (Wildman–Crippen LogP) is 3.56. The Morgan fingerprint density at radius 3 is 2.26 bits per heavy atom. The molecule has 1 saturated heterocycles. The number of nitrogens with zero attached hydrogens (tertiary/aromatic N) is 2. The first-order chi connectivity index (χ1) is 9.24. The number of anilines is 1. The van der Waals surface area contributed by atoms with E-state index in [9.17, 15) is 0 Å². The Labute approximate surface area is 118 Å². The van der Waals surface area contributed by atoms with Gasteiger partial charge in [-0.2, -0.15) is 0 Å². The number of hydrogen-bond acceptors (Lipinski definition) is 2. The second-order valence-corrected chi connectivity index (χ2v) is 5.72. The van der Waals surface area contributed by atoms with Gasteiger partial charge in [0.2, 0.25) is 0 Å². The molecule has 0 atom stereocenters. The zero-order valence-corrected chi connectivity index (χ0v) is 12.7. The number of hydrogen-bond donors (Lipinski definition) is 0. The van der Waals surface area contributed by atoms with Crippen LogP contribution in [0.4, 0.5) is 5.69 Å². The minimum atomic E-state index is 0.783. The van der Waals surface area contributed by atoms with Crippen molar-refractivity contribution in [3.8, 4) is 0 Å². The fraction of sp³-hybridized carbons (Fsp3) is 0.647. The molecule has 0 N–H and O–H groups in total. The third-order valence-electron chi connectivity index (χ3n) is 4.37. The van der Waals surface area contributed by atoms with Gasteiger partial charge in [-0.15, -0.1) is 0 Å². The van der Waals surface area contributed by atoms with Crippen LogP contribution in [-0.2, 0) is 6.42 Å². The van der Waals surface area contributed by atoms with E-state index >= 15 is 0 Å². The van der Waals surface area contributed by atoms with Crippen LogP contribution in [0.25, 0.3) is 0 Å². The third-order valence-corrected chi connectivity index (χ3v) is 4.37. The molecule has 2 rings (SSSR count). The van der Waals surface area contributed by atoms with Gasteiger partial charge in [-0.05, 0) is 57.0 Å². The molecule has 0 saturated carbocycles. The summed E-state index contributed by atoms with van der Waals surface area (Å²) >= 11 is 0. The van der Waals surface area contributed by atoms with Gasteiger partial charge in [0.15, 0.2) is 0 Å². The largest absolute Gasteiger partial charge is 0.371 e. The molecule has 1 aliphatic rings. The van der Waals surface area contributed by atoms with Crippen molar-refractivity contribution < 1.29 is 0 Å². The Kier molecular flexibility index (Phi) is 5.26. The summed E-state index contributed by atoms with van der Waals surface area (Å²) in [6.07, 6.45) is 4.98. The van der Waals surface area contributed by atoms with Gasteiger partial charge in [-0.3, -0.25) is 0 Å². The van der Waals surface area contributed by atoms with Gasteiger partial charge in [-0.25, -0.2) is 0 Å². The number of aryl methyl sites for hydroxylation is 1. The topological polar surface area (TPSA) is 6.48 Å². The predicted molar refractivity (Wildman–Crippen MR) is 84.0 cm³/mol. The second kappa shape index (κ2) is 6.95. The summed E-state index contributed by atoms with van der Waals surface area (Å²) < 4.78 is 0. The van der Waals surface area contributed by atoms with E-state index in [1.54, 1.807) is 0 Å². The van der Waals surface area contributed by atoms with Crippen molar-refractivity contribution in [1.29, 1.82) is 0 Å². The fourth-order valence-corrected chi connectivity index (χ4v) is 3.04. The Morgan fingerprint density at radius 1 is 1.11 bits per heavy atom. The van der Waals surface area contributed by atoms with E-state index in [4.69, 9.17) is 0 Å². The van der Waals surface area contributed by atoms with Crippen LogP contribution in [0.3, 0.4) is 0 Å². The lowest BCUT2D eigenvalue weighted by atomic mass is 10.0. The monoisotopic (exact) mass is 260 g/mol. The normalized spacial score (nSPS) is 17.2. The maximum Gasteiger partial charge on any atom is 0.0366 e. The van der Waals surface area contributed by atoms with Gasteiger partial charge >= 0.3 is 0 Å². The van der Waals surface area contributed by atoms with Crippen molar-refractivity contribution in [2.24, 2.45) is 0 Å². The summed E-state index contributed by atoms with van der Waals surface area (Å²) in [6.45, 7) is 8.11. The molecule has 2 heteroatoms. The molecule has 1 aromatic rings. The molecule has 106 valence electrons. The smallest absolute Gasteiger partial charge is 0.0366 e. The second-order valence-electron chi connectivity index (χ2n) is 5.72. The van der Waals surface area contributed by atoms with Crippen molar-refractivity contribution in [2.75, 3.05) is 31.6 Å². The average molecular weight is 260 g/mol. The van der Waals surface area contributed by atoms with E-state index in [-0.39, 0.29) is 0 Å². The number of rotatable bonds is 5. The SMILES string of the molecule is CCCN(C)C1CCN(c2ccc(CC)cc2)CC1. The molecule has 19 heavy (non-hydrogen) atoms. The first-order valence-electron chi connectivity index (χ1n) is 7.78. The first kappa shape index (κ1) is 14.4. The van der Waals surface area contributed by atoms with E-state index < -0.39 is 0 Å². The van der Waals surface area contributed by atoms with Crippen LogP contribution in [-0.4, -0.2) is 37.6 Å².